The fraction of sp³-hybridized carbons (Fsp3) is 0.375. The fourth-order valence-corrected chi connectivity index (χ4v) is 0.999. The van der Waals surface area contributed by atoms with Crippen LogP contribution in [0, 0.1) is 0 Å². The highest BCUT2D eigenvalue weighted by atomic mass is 16.2. The number of nitrogens with one attached hydrogen (secondary N) is 1. The third-order valence-corrected chi connectivity index (χ3v) is 2.08. The van der Waals surface area contributed by atoms with E-state index in [2.05, 4.69) is 5.43 Å². The summed E-state index contributed by atoms with van der Waals surface area (Å²) < 4.78 is 1.61. The molecule has 4 heteroatoms. The van der Waals surface area contributed by atoms with Crippen LogP contribution < -0.4 is 11.2 Å². The van der Waals surface area contributed by atoms with Gasteiger partial charge in [0, 0.05) is 12.4 Å². The summed E-state index contributed by atoms with van der Waals surface area (Å²) in [6, 6.07) is 3.69. The van der Waals surface area contributed by atoms with Crippen LogP contribution in [-0.2, 0) is 4.79 Å². The molecule has 12 heavy (non-hydrogen) atoms. The predicted octanol–water partition coefficient (Wildman–Crippen LogP) is 0.0495. The van der Waals surface area contributed by atoms with Gasteiger partial charge in [-0.1, -0.05) is 0 Å². The van der Waals surface area contributed by atoms with E-state index in [9.17, 15) is 4.79 Å². The molecule has 1 saturated carbocycles. The first-order valence-electron chi connectivity index (χ1n) is 3.94. The fourth-order valence-electron chi connectivity index (χ4n) is 0.999. The van der Waals surface area contributed by atoms with E-state index in [0.29, 0.717) is 0 Å². The second-order valence-corrected chi connectivity index (χ2v) is 3.19. The van der Waals surface area contributed by atoms with Crippen molar-refractivity contribution in [1.82, 2.24) is 4.68 Å². The van der Waals surface area contributed by atoms with Gasteiger partial charge in [-0.3, -0.25) is 14.9 Å². The first-order valence-corrected chi connectivity index (χ1v) is 3.94. The summed E-state index contributed by atoms with van der Waals surface area (Å²) in [5.41, 5.74) is 7.77. The normalized spacial score (nSPS) is 18.8. The highest BCUT2D eigenvalue weighted by Crippen LogP contribution is 2.32. The predicted molar refractivity (Wildman–Crippen MR) is 45.0 cm³/mol. The first kappa shape index (κ1) is 7.36. The maximum atomic E-state index is 11.3. The number of aromatic nitrogens is 1. The Kier molecular flexibility index (Phi) is 1.44. The summed E-state index contributed by atoms with van der Waals surface area (Å²) in [5.74, 6) is -0.0984. The standard InChI is InChI=1S/C8H11N3O/c9-8(3-4-8)7(12)10-11-5-1-2-6-11/h1-2,5-6H,3-4,9H2,(H,10,12). The zero-order chi connectivity index (χ0) is 8.60. The maximum Gasteiger partial charge on any atom is 0.258 e. The minimum absolute atomic E-state index is 0.0984. The van der Waals surface area contributed by atoms with Crippen LogP contribution in [0.25, 0.3) is 0 Å². The van der Waals surface area contributed by atoms with Crippen molar-refractivity contribution in [3.8, 4) is 0 Å². The Morgan fingerprint density at radius 3 is 2.50 bits per heavy atom. The van der Waals surface area contributed by atoms with Crippen LogP contribution >= 0.6 is 0 Å². The molecule has 1 aliphatic rings. The van der Waals surface area contributed by atoms with Crippen LogP contribution in [0.1, 0.15) is 12.8 Å². The highest BCUT2D eigenvalue weighted by Gasteiger charge is 2.46. The van der Waals surface area contributed by atoms with Gasteiger partial charge in [-0.15, -0.1) is 0 Å². The Bertz CT molecular complexity index is 287. The molecule has 0 unspecified atom stereocenters. The zero-order valence-corrected chi connectivity index (χ0v) is 6.66. The second kappa shape index (κ2) is 2.35. The monoisotopic (exact) mass is 165 g/mol. The number of amides is 1. The zero-order valence-electron chi connectivity index (χ0n) is 6.66. The van der Waals surface area contributed by atoms with Gasteiger partial charge in [0.25, 0.3) is 5.91 Å². The molecule has 1 aromatic rings. The Hall–Kier alpha value is -1.29. The third-order valence-electron chi connectivity index (χ3n) is 2.08. The molecule has 0 radical (unpaired) electrons. The van der Waals surface area contributed by atoms with E-state index >= 15 is 0 Å². The van der Waals surface area contributed by atoms with Crippen molar-refractivity contribution in [3.63, 3.8) is 0 Å². The third kappa shape index (κ3) is 1.21. The molecule has 64 valence electrons. The quantitative estimate of drug-likeness (QED) is 0.650. The SMILES string of the molecule is NC1(C(=O)Nn2cccc2)CC1. The Morgan fingerprint density at radius 1 is 1.42 bits per heavy atom. The van der Waals surface area contributed by atoms with E-state index in [1.54, 1.807) is 17.1 Å². The molecule has 0 bridgehead atoms. The number of hydrogen-bond acceptors (Lipinski definition) is 2. The lowest BCUT2D eigenvalue weighted by atomic mass is 10.3. The van der Waals surface area contributed by atoms with Crippen molar-refractivity contribution >= 4 is 5.91 Å². The van der Waals surface area contributed by atoms with Crippen LogP contribution in [0.3, 0.4) is 0 Å². The van der Waals surface area contributed by atoms with Crippen LogP contribution in [0.4, 0.5) is 0 Å². The lowest BCUT2D eigenvalue weighted by molar-refractivity contribution is -0.119. The molecule has 0 aliphatic heterocycles. The number of carbonyl (C=O) groups is 1. The molecule has 0 atom stereocenters. The molecular weight excluding hydrogens is 154 g/mol. The summed E-state index contributed by atoms with van der Waals surface area (Å²) in [6.45, 7) is 0. The Labute approximate surface area is 70.3 Å². The molecule has 1 fully saturated rings. The molecule has 0 aromatic carbocycles. The van der Waals surface area contributed by atoms with Crippen LogP contribution in [0.5, 0.6) is 0 Å². The lowest BCUT2D eigenvalue weighted by Crippen LogP contribution is -2.40. The van der Waals surface area contributed by atoms with Crippen molar-refractivity contribution in [2.75, 3.05) is 5.43 Å². The maximum absolute atomic E-state index is 11.3. The van der Waals surface area contributed by atoms with Gasteiger partial charge < -0.3 is 5.73 Å². The van der Waals surface area contributed by atoms with Crippen LogP contribution in [0.2, 0.25) is 0 Å². The molecule has 0 saturated heterocycles. The molecular formula is C8H11N3O. The van der Waals surface area contributed by atoms with Crippen molar-refractivity contribution < 1.29 is 4.79 Å². The molecule has 1 aliphatic carbocycles. The van der Waals surface area contributed by atoms with E-state index in [0.717, 1.165) is 12.8 Å². The van der Waals surface area contributed by atoms with Gasteiger partial charge in [0.2, 0.25) is 0 Å². The highest BCUT2D eigenvalue weighted by molar-refractivity contribution is 5.95. The molecule has 3 N–H and O–H groups in total. The number of carbonyl (C=O) groups excluding carboxylic acids is 1. The Morgan fingerprint density at radius 2 is 2.00 bits per heavy atom. The smallest absolute Gasteiger partial charge is 0.258 e. The number of nitrogens with zero attached hydrogens (tertiary/aromatic N) is 1. The van der Waals surface area contributed by atoms with E-state index in [1.165, 1.54) is 0 Å². The summed E-state index contributed by atoms with van der Waals surface area (Å²) in [6.07, 6.45) is 5.12. The largest absolute Gasteiger partial charge is 0.317 e. The van der Waals surface area contributed by atoms with Crippen LogP contribution in [-0.4, -0.2) is 16.1 Å². The summed E-state index contributed by atoms with van der Waals surface area (Å²) in [7, 11) is 0. The van der Waals surface area contributed by atoms with Crippen LogP contribution in [0.15, 0.2) is 24.5 Å². The number of hydrogen-bond donors (Lipinski definition) is 2. The topological polar surface area (TPSA) is 60.1 Å². The van der Waals surface area contributed by atoms with Gasteiger partial charge in [-0.25, -0.2) is 0 Å². The summed E-state index contributed by atoms with van der Waals surface area (Å²) >= 11 is 0. The average Bonchev–Trinajstić information content (AvgIpc) is 2.63. The van der Waals surface area contributed by atoms with Gasteiger partial charge in [0.15, 0.2) is 0 Å². The first-order chi connectivity index (χ1) is 5.71. The van der Waals surface area contributed by atoms with E-state index < -0.39 is 5.54 Å². The van der Waals surface area contributed by atoms with Crippen molar-refractivity contribution in [1.29, 1.82) is 0 Å². The van der Waals surface area contributed by atoms with E-state index in [1.807, 2.05) is 12.1 Å². The molecule has 4 nitrogen and oxygen atoms in total. The summed E-state index contributed by atoms with van der Waals surface area (Å²) in [4.78, 5) is 11.3. The van der Waals surface area contributed by atoms with Crippen molar-refractivity contribution in [3.05, 3.63) is 24.5 Å². The van der Waals surface area contributed by atoms with E-state index in [4.69, 9.17) is 5.73 Å². The molecule has 1 amide bonds. The van der Waals surface area contributed by atoms with Gasteiger partial charge >= 0.3 is 0 Å². The molecule has 0 spiro atoms. The minimum atomic E-state index is -0.593. The van der Waals surface area contributed by atoms with Gasteiger partial charge in [-0.2, -0.15) is 0 Å². The van der Waals surface area contributed by atoms with E-state index in [-0.39, 0.29) is 5.91 Å². The Balaban J connectivity index is 2.00. The molecule has 1 heterocycles. The number of rotatable bonds is 2. The van der Waals surface area contributed by atoms with Gasteiger partial charge in [0.05, 0.1) is 5.54 Å². The summed E-state index contributed by atoms with van der Waals surface area (Å²) in [5, 5.41) is 0. The number of nitrogens with two attached hydrogens (primary N) is 1. The second-order valence-electron chi connectivity index (χ2n) is 3.19. The minimum Gasteiger partial charge on any atom is -0.317 e. The van der Waals surface area contributed by atoms with Gasteiger partial charge in [0.1, 0.15) is 0 Å². The molecule has 1 aromatic heterocycles. The van der Waals surface area contributed by atoms with Crippen molar-refractivity contribution in [2.45, 2.75) is 18.4 Å². The van der Waals surface area contributed by atoms with Gasteiger partial charge in [-0.05, 0) is 25.0 Å². The van der Waals surface area contributed by atoms with Crippen molar-refractivity contribution in [2.24, 2.45) is 5.73 Å². The molecule has 2 rings (SSSR count). The lowest BCUT2D eigenvalue weighted by Gasteiger charge is -2.10. The average molecular weight is 165 g/mol.